The Hall–Kier alpha value is -2.67. The minimum absolute atomic E-state index is 0.0115. The van der Waals surface area contributed by atoms with Crippen molar-refractivity contribution in [3.63, 3.8) is 0 Å². The van der Waals surface area contributed by atoms with E-state index >= 15 is 0 Å². The highest BCUT2D eigenvalue weighted by Crippen LogP contribution is 2.43. The van der Waals surface area contributed by atoms with E-state index in [9.17, 15) is 33.7 Å². The summed E-state index contributed by atoms with van der Waals surface area (Å²) in [4.78, 5) is 58.4. The molecule has 322 valence electrons. The van der Waals surface area contributed by atoms with E-state index in [1.165, 1.54) is 57.8 Å². The van der Waals surface area contributed by atoms with Crippen molar-refractivity contribution in [1.82, 2.24) is 0 Å². The molecule has 0 fully saturated rings. The van der Waals surface area contributed by atoms with Crippen molar-refractivity contribution in [2.75, 3.05) is 19.8 Å². The number of carbonyl (C=O) groups is 4. The van der Waals surface area contributed by atoms with Gasteiger partial charge in [0.1, 0.15) is 12.6 Å². The summed E-state index contributed by atoms with van der Waals surface area (Å²) in [6.45, 7) is 2.49. The topological polar surface area (TPSA) is 209 Å². The number of phosphoric acid groups is 1. The van der Waals surface area contributed by atoms with Gasteiger partial charge in [-0.15, -0.1) is 0 Å². The number of ketones is 1. The highest BCUT2D eigenvalue weighted by Gasteiger charge is 2.29. The van der Waals surface area contributed by atoms with Crippen LogP contribution >= 0.6 is 7.82 Å². The summed E-state index contributed by atoms with van der Waals surface area (Å²) >= 11 is 0. The maximum absolute atomic E-state index is 12.7. The second-order valence-electron chi connectivity index (χ2n) is 14.8. The zero-order chi connectivity index (χ0) is 41.4. The van der Waals surface area contributed by atoms with Gasteiger partial charge >= 0.3 is 25.7 Å². The summed E-state index contributed by atoms with van der Waals surface area (Å²) in [6, 6.07) is -1.55. The number of hydrogen-bond donors (Lipinski definition) is 4. The minimum atomic E-state index is -4.77. The molecule has 1 aliphatic rings. The normalized spacial score (nSPS) is 18.3. The van der Waals surface area contributed by atoms with Crippen LogP contribution in [0.3, 0.4) is 0 Å². The molecule has 1 aliphatic carbocycles. The van der Waals surface area contributed by atoms with Crippen LogP contribution in [0.5, 0.6) is 0 Å². The summed E-state index contributed by atoms with van der Waals surface area (Å²) < 4.78 is 32.6. The van der Waals surface area contributed by atoms with Gasteiger partial charge in [-0.05, 0) is 44.1 Å². The number of carbonyl (C=O) groups excluding carboxylic acids is 3. The van der Waals surface area contributed by atoms with Crippen molar-refractivity contribution < 1.29 is 57.4 Å². The number of ether oxygens (including phenoxy) is 2. The number of nitrogens with two attached hydrogens (primary N) is 1. The SMILES string of the molecule is CCCCCCCCCCCCCCCC(=O)OC[C@H](COP(=O)(O)OC[C@H](N)C(=O)O)OC(=O)CCC/C=C\C[C@H]1C=CC(=O)[C@@H]1/C=C/[C@@H](O)CCCCC. The van der Waals surface area contributed by atoms with Crippen molar-refractivity contribution in [2.24, 2.45) is 17.6 Å². The third kappa shape index (κ3) is 27.1. The first-order chi connectivity index (χ1) is 26.9. The number of aliphatic carboxylic acids is 1. The first kappa shape index (κ1) is 51.3. The van der Waals surface area contributed by atoms with Gasteiger partial charge in [0.05, 0.1) is 19.3 Å². The number of aliphatic hydroxyl groups is 1. The molecule has 0 saturated heterocycles. The molecular formula is C42H72NO12P. The van der Waals surface area contributed by atoms with Gasteiger partial charge in [0, 0.05) is 18.8 Å². The largest absolute Gasteiger partial charge is 0.480 e. The molecule has 56 heavy (non-hydrogen) atoms. The first-order valence-electron chi connectivity index (χ1n) is 21.1. The van der Waals surface area contributed by atoms with Crippen molar-refractivity contribution in [3.8, 4) is 0 Å². The molecule has 1 unspecified atom stereocenters. The number of carboxylic acids is 1. The number of esters is 2. The summed E-state index contributed by atoms with van der Waals surface area (Å²) in [7, 11) is -4.77. The predicted octanol–water partition coefficient (Wildman–Crippen LogP) is 8.45. The van der Waals surface area contributed by atoms with E-state index in [2.05, 4.69) is 18.4 Å². The Balaban J connectivity index is 2.50. The van der Waals surface area contributed by atoms with Gasteiger partial charge in [-0.2, -0.15) is 0 Å². The van der Waals surface area contributed by atoms with Crippen molar-refractivity contribution in [1.29, 1.82) is 0 Å². The fourth-order valence-electron chi connectivity index (χ4n) is 6.17. The third-order valence-corrected chi connectivity index (χ3v) is 10.6. The predicted molar refractivity (Wildman–Crippen MR) is 217 cm³/mol. The zero-order valence-electron chi connectivity index (χ0n) is 34.1. The Morgan fingerprint density at radius 1 is 0.804 bits per heavy atom. The Morgan fingerprint density at radius 3 is 2.00 bits per heavy atom. The number of hydrogen-bond acceptors (Lipinski definition) is 11. The highest BCUT2D eigenvalue weighted by atomic mass is 31.2. The molecule has 0 amide bonds. The Labute approximate surface area is 335 Å². The lowest BCUT2D eigenvalue weighted by molar-refractivity contribution is -0.161. The Morgan fingerprint density at radius 2 is 1.38 bits per heavy atom. The second kappa shape index (κ2) is 32.3. The molecule has 13 nitrogen and oxygen atoms in total. The van der Waals surface area contributed by atoms with E-state index in [0.717, 1.165) is 38.5 Å². The number of rotatable bonds is 36. The first-order valence-corrected chi connectivity index (χ1v) is 22.6. The van der Waals surface area contributed by atoms with Crippen LogP contribution in [0, 0.1) is 11.8 Å². The maximum atomic E-state index is 12.7. The monoisotopic (exact) mass is 813 g/mol. The Kier molecular flexibility index (Phi) is 29.6. The molecule has 0 radical (unpaired) electrons. The standard InChI is InChI=1S/C42H72NO12P/c1-3-5-7-8-9-10-11-12-13-14-15-16-21-25-40(46)52-31-36(32-53-56(50,51)54-33-38(43)42(48)49)55-41(47)26-22-18-17-20-23-34-27-30-39(45)37(34)29-28-35(44)24-19-6-4-2/h17,20,27-30,34-38,44H,3-16,18-19,21-26,31-33,43H2,1-2H3,(H,48,49)(H,50,51)/b20-17-,29-28+/t34-,35-,36+,37+,38-/m0/s1. The average molecular weight is 814 g/mol. The summed E-state index contributed by atoms with van der Waals surface area (Å²) in [5.74, 6) is -2.87. The lowest BCUT2D eigenvalue weighted by Gasteiger charge is -2.20. The minimum Gasteiger partial charge on any atom is -0.480 e. The molecule has 5 N–H and O–H groups in total. The number of phosphoric ester groups is 1. The molecule has 1 rings (SSSR count). The molecule has 0 bridgehead atoms. The van der Waals surface area contributed by atoms with Gasteiger partial charge < -0.3 is 30.3 Å². The number of aliphatic hydroxyl groups excluding tert-OH is 1. The quantitative estimate of drug-likeness (QED) is 0.0203. The molecule has 0 aromatic rings. The lowest BCUT2D eigenvalue weighted by Crippen LogP contribution is -2.34. The van der Waals surface area contributed by atoms with E-state index in [4.69, 9.17) is 24.8 Å². The van der Waals surface area contributed by atoms with Crippen LogP contribution in [0.15, 0.2) is 36.5 Å². The van der Waals surface area contributed by atoms with Gasteiger partial charge in [0.15, 0.2) is 11.9 Å². The molecule has 0 aromatic heterocycles. The number of unbranched alkanes of at least 4 members (excludes halogenated alkanes) is 15. The van der Waals surface area contributed by atoms with Gasteiger partial charge in [-0.25, -0.2) is 4.57 Å². The van der Waals surface area contributed by atoms with Crippen LogP contribution in [0.25, 0.3) is 0 Å². The summed E-state index contributed by atoms with van der Waals surface area (Å²) in [6.07, 6.45) is 29.9. The molecule has 0 heterocycles. The van der Waals surface area contributed by atoms with Crippen LogP contribution in [0.2, 0.25) is 0 Å². The van der Waals surface area contributed by atoms with Crippen LogP contribution in [-0.4, -0.2) is 76.9 Å². The third-order valence-electron chi connectivity index (χ3n) is 9.64. The van der Waals surface area contributed by atoms with Crippen LogP contribution in [0.4, 0.5) is 0 Å². The fraction of sp³-hybridized carbons (Fsp3) is 0.762. The summed E-state index contributed by atoms with van der Waals surface area (Å²) in [5.41, 5.74) is 5.32. The van der Waals surface area contributed by atoms with Gasteiger partial charge in [-0.3, -0.25) is 28.2 Å². The summed E-state index contributed by atoms with van der Waals surface area (Å²) in [5, 5.41) is 19.1. The van der Waals surface area contributed by atoms with Crippen LogP contribution < -0.4 is 5.73 Å². The maximum Gasteiger partial charge on any atom is 0.472 e. The molecule has 6 atom stereocenters. The fourth-order valence-corrected chi connectivity index (χ4v) is 6.95. The molecule has 0 spiro atoms. The average Bonchev–Trinajstić information content (AvgIpc) is 3.52. The van der Waals surface area contributed by atoms with E-state index < -0.39 is 63.8 Å². The van der Waals surface area contributed by atoms with Crippen molar-refractivity contribution in [2.45, 2.75) is 173 Å². The number of carboxylic acid groups (broad SMARTS) is 1. The molecule has 0 aromatic carbocycles. The second-order valence-corrected chi connectivity index (χ2v) is 16.2. The van der Waals surface area contributed by atoms with Crippen LogP contribution in [0.1, 0.15) is 155 Å². The van der Waals surface area contributed by atoms with Gasteiger partial charge in [0.2, 0.25) is 0 Å². The van der Waals surface area contributed by atoms with E-state index in [-0.39, 0.29) is 30.5 Å². The smallest absolute Gasteiger partial charge is 0.472 e. The zero-order valence-corrected chi connectivity index (χ0v) is 35.0. The van der Waals surface area contributed by atoms with Gasteiger partial charge in [0.25, 0.3) is 0 Å². The molecular weight excluding hydrogens is 741 g/mol. The highest BCUT2D eigenvalue weighted by molar-refractivity contribution is 7.47. The molecule has 14 heteroatoms. The molecule has 0 aliphatic heterocycles. The molecule has 0 saturated carbocycles. The lowest BCUT2D eigenvalue weighted by atomic mass is 9.90. The van der Waals surface area contributed by atoms with Crippen molar-refractivity contribution in [3.05, 3.63) is 36.5 Å². The van der Waals surface area contributed by atoms with E-state index in [1.54, 1.807) is 18.2 Å². The van der Waals surface area contributed by atoms with Crippen LogP contribution in [-0.2, 0) is 42.3 Å². The Bertz CT molecular complexity index is 1240. The van der Waals surface area contributed by atoms with Gasteiger partial charge in [-0.1, -0.05) is 141 Å². The number of allylic oxidation sites excluding steroid dienone is 5. The van der Waals surface area contributed by atoms with E-state index in [1.807, 2.05) is 18.2 Å². The van der Waals surface area contributed by atoms with Crippen molar-refractivity contribution >= 4 is 31.5 Å². The van der Waals surface area contributed by atoms with E-state index in [0.29, 0.717) is 32.1 Å².